The lowest BCUT2D eigenvalue weighted by atomic mass is 9.84. The summed E-state index contributed by atoms with van der Waals surface area (Å²) in [5.41, 5.74) is 4.34. The molecule has 10 nitrogen and oxygen atoms in total. The Hall–Kier alpha value is -4.09. The predicted octanol–water partition coefficient (Wildman–Crippen LogP) is 4.43. The summed E-state index contributed by atoms with van der Waals surface area (Å²) in [6.07, 6.45) is 5.89. The van der Waals surface area contributed by atoms with Gasteiger partial charge in [0, 0.05) is 54.6 Å². The van der Waals surface area contributed by atoms with Crippen LogP contribution in [0.4, 0.5) is 5.13 Å². The molecule has 1 aromatic carbocycles. The van der Waals surface area contributed by atoms with Crippen molar-refractivity contribution in [3.05, 3.63) is 70.4 Å². The highest BCUT2D eigenvalue weighted by atomic mass is 32.1. The molecule has 2 N–H and O–H groups in total. The Balaban J connectivity index is 1.18. The standard InChI is InChI=1S/C32H36N6O4S/c1-20-11-21-13-22(12-20)27(14-21)34-29(39)18-42-25-16-23(15-24(17-25)31(41)38-9-7-37(2)8-10-38)30(40)36-32-35-28(19-43-32)26-5-3-4-6-33-26/h3-6,15-17,19-21H,7-14,18H2,1-2H3,(H,34,39)(H,35,36,40). The topological polar surface area (TPSA) is 117 Å². The molecule has 6 rings (SSSR count). The summed E-state index contributed by atoms with van der Waals surface area (Å²) < 4.78 is 5.89. The second kappa shape index (κ2) is 12.6. The number of amides is 3. The van der Waals surface area contributed by atoms with Crippen molar-refractivity contribution in [2.75, 3.05) is 45.2 Å². The minimum Gasteiger partial charge on any atom is -0.484 e. The molecule has 0 spiro atoms. The molecule has 11 heteroatoms. The quantitative estimate of drug-likeness (QED) is 0.393. The monoisotopic (exact) mass is 600 g/mol. The Kier molecular flexibility index (Phi) is 8.53. The lowest BCUT2D eigenvalue weighted by Crippen LogP contribution is -2.47. The van der Waals surface area contributed by atoms with Crippen molar-refractivity contribution in [3.8, 4) is 17.1 Å². The second-order valence-corrected chi connectivity index (χ2v) is 12.6. The summed E-state index contributed by atoms with van der Waals surface area (Å²) in [6, 6.07) is 10.3. The first-order valence-electron chi connectivity index (χ1n) is 14.8. The minimum absolute atomic E-state index is 0.178. The molecule has 1 saturated carbocycles. The molecule has 1 aliphatic heterocycles. The number of allylic oxidation sites excluding steroid dienone is 2. The Morgan fingerprint density at radius 1 is 1.00 bits per heavy atom. The Morgan fingerprint density at radius 2 is 1.81 bits per heavy atom. The van der Waals surface area contributed by atoms with E-state index in [0.717, 1.165) is 38.0 Å². The first-order chi connectivity index (χ1) is 20.8. The van der Waals surface area contributed by atoms with Gasteiger partial charge < -0.3 is 19.9 Å². The molecule has 2 bridgehead atoms. The van der Waals surface area contributed by atoms with Crippen molar-refractivity contribution in [3.63, 3.8) is 0 Å². The molecule has 1 saturated heterocycles. The summed E-state index contributed by atoms with van der Waals surface area (Å²) in [5, 5.41) is 8.14. The average Bonchev–Trinajstić information content (AvgIpc) is 3.59. The fourth-order valence-electron chi connectivity index (χ4n) is 6.18. The van der Waals surface area contributed by atoms with Gasteiger partial charge in [0.2, 0.25) is 0 Å². The maximum Gasteiger partial charge on any atom is 0.262 e. The number of nitrogens with one attached hydrogen (secondary N) is 2. The van der Waals surface area contributed by atoms with E-state index >= 15 is 0 Å². The third-order valence-corrected chi connectivity index (χ3v) is 9.06. The molecule has 3 aliphatic rings. The number of likely N-dealkylation sites (N-methyl/N-ethyl adjacent to an activating group) is 1. The number of hydrogen-bond donors (Lipinski definition) is 2. The van der Waals surface area contributed by atoms with E-state index in [-0.39, 0.29) is 29.7 Å². The third kappa shape index (κ3) is 6.94. The number of hydrogen-bond acceptors (Lipinski definition) is 8. The highest BCUT2D eigenvalue weighted by molar-refractivity contribution is 7.14. The lowest BCUT2D eigenvalue weighted by Gasteiger charge is -2.32. The normalized spacial score (nSPS) is 20.2. The number of nitrogens with zero attached hydrogens (tertiary/aromatic N) is 4. The summed E-state index contributed by atoms with van der Waals surface area (Å²) in [6.45, 7) is 4.78. The molecule has 2 aromatic heterocycles. The summed E-state index contributed by atoms with van der Waals surface area (Å²) in [7, 11) is 2.03. The van der Waals surface area contributed by atoms with Gasteiger partial charge in [-0.3, -0.25) is 24.7 Å². The number of fused-ring (bicyclic) bond motifs is 2. The molecule has 3 aromatic rings. The molecule has 2 unspecified atom stereocenters. The number of benzene rings is 1. The van der Waals surface area contributed by atoms with E-state index in [2.05, 4.69) is 32.4 Å². The van der Waals surface area contributed by atoms with E-state index in [9.17, 15) is 14.4 Å². The number of rotatable bonds is 8. The van der Waals surface area contributed by atoms with Crippen LogP contribution in [0.3, 0.4) is 0 Å². The van der Waals surface area contributed by atoms with E-state index in [4.69, 9.17) is 4.74 Å². The SMILES string of the molecule is CC1CC2=C(NC(=O)COc3cc(C(=O)Nc4nc(-c5ccccn5)cs4)cc(C(=O)N4CCN(C)CC4)c3)CC(C2)C1. The van der Waals surface area contributed by atoms with Gasteiger partial charge in [-0.25, -0.2) is 4.98 Å². The maximum absolute atomic E-state index is 13.5. The molecule has 3 amide bonds. The molecular weight excluding hydrogens is 564 g/mol. The zero-order chi connectivity index (χ0) is 29.9. The van der Waals surface area contributed by atoms with Crippen LogP contribution in [0, 0.1) is 11.8 Å². The molecule has 3 heterocycles. The first-order valence-corrected chi connectivity index (χ1v) is 15.6. The van der Waals surface area contributed by atoms with E-state index < -0.39 is 5.91 Å². The predicted molar refractivity (Wildman–Crippen MR) is 165 cm³/mol. The Labute approximate surface area is 255 Å². The lowest BCUT2D eigenvalue weighted by molar-refractivity contribution is -0.122. The van der Waals surface area contributed by atoms with Crippen LogP contribution in [-0.2, 0) is 4.79 Å². The fraction of sp³-hybridized carbons (Fsp3) is 0.406. The van der Waals surface area contributed by atoms with Gasteiger partial charge in [-0.15, -0.1) is 11.3 Å². The molecule has 2 atom stereocenters. The Morgan fingerprint density at radius 3 is 2.60 bits per heavy atom. The zero-order valence-corrected chi connectivity index (χ0v) is 25.3. The van der Waals surface area contributed by atoms with Crippen LogP contribution in [0.5, 0.6) is 5.75 Å². The smallest absolute Gasteiger partial charge is 0.262 e. The van der Waals surface area contributed by atoms with E-state index in [1.54, 1.807) is 29.3 Å². The van der Waals surface area contributed by atoms with Crippen molar-refractivity contribution in [2.45, 2.75) is 32.6 Å². The first kappa shape index (κ1) is 29.0. The van der Waals surface area contributed by atoms with Crippen LogP contribution in [0.1, 0.15) is 53.3 Å². The van der Waals surface area contributed by atoms with E-state index in [1.165, 1.54) is 23.3 Å². The third-order valence-electron chi connectivity index (χ3n) is 8.30. The fourth-order valence-corrected chi connectivity index (χ4v) is 6.88. The minimum atomic E-state index is -0.427. The van der Waals surface area contributed by atoms with Crippen molar-refractivity contribution in [1.29, 1.82) is 0 Å². The number of anilines is 1. The van der Waals surface area contributed by atoms with Crippen LogP contribution < -0.4 is 15.4 Å². The van der Waals surface area contributed by atoms with Crippen LogP contribution in [0.2, 0.25) is 0 Å². The molecular formula is C32H36N6O4S. The van der Waals surface area contributed by atoms with Crippen LogP contribution in [0.25, 0.3) is 11.4 Å². The van der Waals surface area contributed by atoms with Crippen LogP contribution in [-0.4, -0.2) is 77.3 Å². The summed E-state index contributed by atoms with van der Waals surface area (Å²) in [5.74, 6) is 0.702. The number of piperazine rings is 1. The van der Waals surface area contributed by atoms with Crippen molar-refractivity contribution >= 4 is 34.2 Å². The molecule has 0 radical (unpaired) electrons. The van der Waals surface area contributed by atoms with Crippen molar-refractivity contribution < 1.29 is 19.1 Å². The van der Waals surface area contributed by atoms with Gasteiger partial charge in [-0.05, 0) is 74.9 Å². The second-order valence-electron chi connectivity index (χ2n) is 11.8. The highest BCUT2D eigenvalue weighted by Gasteiger charge is 2.32. The molecule has 43 heavy (non-hydrogen) atoms. The number of ether oxygens (including phenoxy) is 1. The zero-order valence-electron chi connectivity index (χ0n) is 24.5. The largest absolute Gasteiger partial charge is 0.484 e. The summed E-state index contributed by atoms with van der Waals surface area (Å²) >= 11 is 1.29. The number of carbonyl (C=O) groups is 3. The molecule has 2 fully saturated rings. The highest BCUT2D eigenvalue weighted by Crippen LogP contribution is 2.43. The van der Waals surface area contributed by atoms with Crippen molar-refractivity contribution in [1.82, 2.24) is 25.1 Å². The van der Waals surface area contributed by atoms with Gasteiger partial charge in [-0.2, -0.15) is 0 Å². The van der Waals surface area contributed by atoms with E-state index in [1.807, 2.05) is 30.6 Å². The van der Waals surface area contributed by atoms with E-state index in [0.29, 0.717) is 47.0 Å². The number of aromatic nitrogens is 2. The number of pyridine rings is 1. The number of thiazole rings is 1. The van der Waals surface area contributed by atoms with Gasteiger partial charge in [0.05, 0.1) is 5.69 Å². The van der Waals surface area contributed by atoms with Crippen LogP contribution >= 0.6 is 11.3 Å². The van der Waals surface area contributed by atoms with Gasteiger partial charge >= 0.3 is 0 Å². The van der Waals surface area contributed by atoms with Gasteiger partial charge in [0.25, 0.3) is 17.7 Å². The average molecular weight is 601 g/mol. The Bertz CT molecular complexity index is 1550. The molecule has 224 valence electrons. The van der Waals surface area contributed by atoms with Gasteiger partial charge in [0.15, 0.2) is 11.7 Å². The number of carbonyl (C=O) groups excluding carboxylic acids is 3. The summed E-state index contributed by atoms with van der Waals surface area (Å²) in [4.78, 5) is 52.5. The maximum atomic E-state index is 13.5. The molecule has 2 aliphatic carbocycles. The van der Waals surface area contributed by atoms with Crippen molar-refractivity contribution in [2.24, 2.45) is 11.8 Å². The van der Waals surface area contributed by atoms with Crippen LogP contribution in [0.15, 0.2) is 59.2 Å². The van der Waals surface area contributed by atoms with Gasteiger partial charge in [0.1, 0.15) is 11.4 Å². The van der Waals surface area contributed by atoms with Gasteiger partial charge in [-0.1, -0.05) is 18.6 Å².